The van der Waals surface area contributed by atoms with Crippen LogP contribution in [0.1, 0.15) is 41.5 Å². The van der Waals surface area contributed by atoms with Crippen LogP contribution in [-0.4, -0.2) is 112 Å². The van der Waals surface area contributed by atoms with Crippen molar-refractivity contribution >= 4 is 85.6 Å². The van der Waals surface area contributed by atoms with E-state index in [1.165, 1.54) is 6.92 Å². The topological polar surface area (TPSA) is 218 Å². The van der Waals surface area contributed by atoms with Crippen LogP contribution < -0.4 is 20.7 Å². The van der Waals surface area contributed by atoms with E-state index < -0.39 is 43.1 Å². The number of aliphatic carboxylic acids is 1. The molecule has 218 valence electrons. The Hall–Kier alpha value is -0.620. The second-order valence-corrected chi connectivity index (χ2v) is 10.9. The molecule has 0 saturated heterocycles. The average molecular weight is 881 g/mol. The van der Waals surface area contributed by atoms with Crippen LogP contribution in [0.4, 0.5) is 0 Å². The van der Waals surface area contributed by atoms with Gasteiger partial charge in [-0.3, -0.25) is 9.59 Å². The predicted molar refractivity (Wildman–Crippen MR) is 163 cm³/mol. The molecule has 2 amide bonds. The summed E-state index contributed by atoms with van der Waals surface area (Å²) in [7, 11) is 1.57. The fourth-order valence-electron chi connectivity index (χ4n) is 2.76. The van der Waals surface area contributed by atoms with Gasteiger partial charge in [0.1, 0.15) is 24.1 Å². The third-order valence-electron chi connectivity index (χ3n) is 4.79. The van der Waals surface area contributed by atoms with Crippen LogP contribution in [-0.2, 0) is 4.79 Å². The van der Waals surface area contributed by atoms with Crippen LogP contribution in [0.15, 0.2) is 0 Å². The molecule has 1 aromatic carbocycles. The highest BCUT2D eigenvalue weighted by molar-refractivity contribution is 14.1. The molecule has 5 atom stereocenters. The molecule has 0 saturated carbocycles. The first kappa shape index (κ1) is 37.4. The summed E-state index contributed by atoms with van der Waals surface area (Å²) in [4.78, 5) is 36.1. The quantitative estimate of drug-likeness (QED) is 0.115. The van der Waals surface area contributed by atoms with Gasteiger partial charge in [0.25, 0.3) is 11.8 Å². The van der Waals surface area contributed by atoms with E-state index in [0.29, 0.717) is 34.9 Å². The number of carboxylic acids is 1. The molecule has 38 heavy (non-hydrogen) atoms. The fraction of sp³-hybridized carbons (Fsp3) is 0.591. The highest BCUT2D eigenvalue weighted by Crippen LogP contribution is 2.38. The van der Waals surface area contributed by atoms with Gasteiger partial charge in [0.05, 0.1) is 31.0 Å². The summed E-state index contributed by atoms with van der Waals surface area (Å²) in [5.41, 5.74) is 0.606. The molecule has 0 bridgehead atoms. The fourth-order valence-corrected chi connectivity index (χ4v) is 7.16. The molecule has 9 N–H and O–H groups in total. The van der Waals surface area contributed by atoms with E-state index in [1.54, 1.807) is 20.9 Å². The molecule has 16 heteroatoms. The molecular weight excluding hydrogens is 847 g/mol. The van der Waals surface area contributed by atoms with Gasteiger partial charge in [-0.15, -0.1) is 0 Å². The smallest absolute Gasteiger partial charge is 0.344 e. The molecule has 1 aromatic rings. The molecule has 0 heterocycles. The summed E-state index contributed by atoms with van der Waals surface area (Å²) in [5, 5.41) is 62.0. The molecule has 0 spiro atoms. The Labute approximate surface area is 261 Å². The predicted octanol–water partition coefficient (Wildman–Crippen LogP) is -0.507. The van der Waals surface area contributed by atoms with Gasteiger partial charge in [-0.25, -0.2) is 4.79 Å². The van der Waals surface area contributed by atoms with E-state index in [2.05, 4.69) is 16.0 Å². The number of benzene rings is 1. The second-order valence-electron chi connectivity index (χ2n) is 7.69. The Morgan fingerprint density at radius 1 is 0.842 bits per heavy atom. The standard InChI is InChI=1S/C15H17I3N2O5.C7H17NO5/c1-4-19-13(21)7-9(16)8(14(22)20-5-2)11(18)12(10(7)17)25-6(3)15(23)24;1-8-2-4(10)6(12)7(13)5(11)3-9/h6H,4-5H2,1-3H3,(H,19,21)(H,20,22)(H,23,24);4-13H,2-3H2,1H3/t;4-,5+,6+,7+/m.0/s1. The zero-order valence-electron chi connectivity index (χ0n) is 21.2. The number of ether oxygens (including phenoxy) is 1. The maximum Gasteiger partial charge on any atom is 0.344 e. The number of rotatable bonds is 13. The number of halogens is 3. The molecule has 13 nitrogen and oxygen atoms in total. The molecule has 0 aromatic heterocycles. The Kier molecular flexibility index (Phi) is 18.4. The van der Waals surface area contributed by atoms with E-state index >= 15 is 0 Å². The molecule has 0 radical (unpaired) electrons. The van der Waals surface area contributed by atoms with Crippen molar-refractivity contribution in [3.63, 3.8) is 0 Å². The summed E-state index contributed by atoms with van der Waals surface area (Å²) >= 11 is 5.85. The molecular formula is C22H34I3N3O10. The largest absolute Gasteiger partial charge is 0.479 e. The van der Waals surface area contributed by atoms with E-state index in [1.807, 2.05) is 67.8 Å². The third-order valence-corrected chi connectivity index (χ3v) is 7.92. The van der Waals surface area contributed by atoms with Crippen molar-refractivity contribution in [1.82, 2.24) is 16.0 Å². The first-order chi connectivity index (χ1) is 17.7. The van der Waals surface area contributed by atoms with E-state index in [9.17, 15) is 19.5 Å². The van der Waals surface area contributed by atoms with Gasteiger partial charge in [-0.1, -0.05) is 0 Å². The minimum atomic E-state index is -1.55. The third kappa shape index (κ3) is 10.7. The number of likely N-dealkylation sites (N-methyl/N-ethyl adjacent to an activating group) is 1. The SMILES string of the molecule is CCNC(=O)c1c(I)c(OC(C)C(=O)O)c(I)c(C(=O)NCC)c1I.CNC[C@H](O)[C@@H](O)[C@H](O)[C@H](O)CO. The second kappa shape index (κ2) is 18.7. The lowest BCUT2D eigenvalue weighted by Crippen LogP contribution is -2.48. The van der Waals surface area contributed by atoms with Gasteiger partial charge in [0, 0.05) is 23.2 Å². The van der Waals surface area contributed by atoms with Crippen LogP contribution in [0.2, 0.25) is 0 Å². The lowest BCUT2D eigenvalue weighted by molar-refractivity contribution is -0.144. The Bertz CT molecular complexity index is 909. The van der Waals surface area contributed by atoms with Crippen molar-refractivity contribution in [3.8, 4) is 5.75 Å². The molecule has 0 aliphatic rings. The maximum absolute atomic E-state index is 12.5. The highest BCUT2D eigenvalue weighted by Gasteiger charge is 2.30. The first-order valence-corrected chi connectivity index (χ1v) is 14.6. The van der Waals surface area contributed by atoms with Crippen LogP contribution in [0, 0.1) is 10.7 Å². The van der Waals surface area contributed by atoms with Gasteiger partial charge < -0.3 is 51.3 Å². The van der Waals surface area contributed by atoms with Crippen molar-refractivity contribution in [2.24, 2.45) is 0 Å². The van der Waals surface area contributed by atoms with Crippen molar-refractivity contribution in [1.29, 1.82) is 0 Å². The van der Waals surface area contributed by atoms with Crippen molar-refractivity contribution in [2.45, 2.75) is 51.3 Å². The number of hydrogen-bond donors (Lipinski definition) is 9. The first-order valence-electron chi connectivity index (χ1n) is 11.3. The monoisotopic (exact) mass is 881 g/mol. The molecule has 1 rings (SSSR count). The summed E-state index contributed by atoms with van der Waals surface area (Å²) in [5.74, 6) is -1.60. The lowest BCUT2D eigenvalue weighted by Gasteiger charge is -2.25. The number of carbonyl (C=O) groups is 3. The van der Waals surface area contributed by atoms with Gasteiger partial charge in [-0.05, 0) is 95.6 Å². The zero-order valence-corrected chi connectivity index (χ0v) is 27.6. The van der Waals surface area contributed by atoms with Crippen LogP contribution in [0.3, 0.4) is 0 Å². The van der Waals surface area contributed by atoms with Gasteiger partial charge in [0.2, 0.25) is 0 Å². The highest BCUT2D eigenvalue weighted by atomic mass is 127. The molecule has 0 aliphatic heterocycles. The zero-order chi connectivity index (χ0) is 29.7. The number of aliphatic hydroxyl groups is 5. The van der Waals surface area contributed by atoms with Crippen LogP contribution in [0.5, 0.6) is 5.75 Å². The Balaban J connectivity index is 0.000000889. The van der Waals surface area contributed by atoms with E-state index in [4.69, 9.17) is 30.3 Å². The van der Waals surface area contributed by atoms with Gasteiger partial charge >= 0.3 is 5.97 Å². The maximum atomic E-state index is 12.5. The number of hydrogen-bond acceptors (Lipinski definition) is 10. The number of carboxylic acid groups (broad SMARTS) is 1. The average Bonchev–Trinajstić information content (AvgIpc) is 2.85. The number of carbonyl (C=O) groups excluding carboxylic acids is 2. The lowest BCUT2D eigenvalue weighted by atomic mass is 10.0. The summed E-state index contributed by atoms with van der Waals surface area (Å²) in [6.45, 7) is 5.26. The van der Waals surface area contributed by atoms with E-state index in [0.717, 1.165) is 0 Å². The van der Waals surface area contributed by atoms with Crippen LogP contribution >= 0.6 is 67.8 Å². The molecule has 0 fully saturated rings. The van der Waals surface area contributed by atoms with Crippen LogP contribution in [0.25, 0.3) is 0 Å². The minimum Gasteiger partial charge on any atom is -0.479 e. The number of amides is 2. The summed E-state index contributed by atoms with van der Waals surface area (Å²) in [6, 6.07) is 0. The number of nitrogens with one attached hydrogen (secondary N) is 3. The van der Waals surface area contributed by atoms with Gasteiger partial charge in [0.15, 0.2) is 6.10 Å². The van der Waals surface area contributed by atoms with Crippen molar-refractivity contribution in [2.75, 3.05) is 33.3 Å². The molecule has 0 aliphatic carbocycles. The summed E-state index contributed by atoms with van der Waals surface area (Å²) in [6.07, 6.45) is -6.77. The van der Waals surface area contributed by atoms with Crippen molar-refractivity contribution < 1.29 is 49.8 Å². The van der Waals surface area contributed by atoms with Gasteiger partial charge in [-0.2, -0.15) is 0 Å². The number of aliphatic hydroxyl groups excluding tert-OH is 5. The molecule has 1 unspecified atom stereocenters. The summed E-state index contributed by atoms with van der Waals surface area (Å²) < 4.78 is 6.99. The van der Waals surface area contributed by atoms with E-state index in [-0.39, 0.29) is 24.1 Å². The Morgan fingerprint density at radius 2 is 1.26 bits per heavy atom. The normalized spacial score (nSPS) is 14.7. The minimum absolute atomic E-state index is 0.0936. The van der Waals surface area contributed by atoms with Crippen molar-refractivity contribution in [3.05, 3.63) is 21.8 Å². The Morgan fingerprint density at radius 3 is 1.61 bits per heavy atom.